The van der Waals surface area contributed by atoms with Gasteiger partial charge in [0.05, 0.1) is 30.3 Å². The molecule has 8 heteroatoms. The van der Waals surface area contributed by atoms with Gasteiger partial charge in [-0.25, -0.2) is 19.3 Å². The van der Waals surface area contributed by atoms with Crippen LogP contribution in [0.2, 0.25) is 0 Å². The van der Waals surface area contributed by atoms with Gasteiger partial charge in [0.25, 0.3) is 0 Å². The second-order valence-corrected chi connectivity index (χ2v) is 7.67. The normalized spacial score (nSPS) is 15.0. The summed E-state index contributed by atoms with van der Waals surface area (Å²) in [5, 5.41) is 0.705. The van der Waals surface area contributed by atoms with Crippen molar-refractivity contribution in [2.75, 3.05) is 39.1 Å². The average molecular weight is 414 g/mol. The molecule has 3 aromatic rings. The van der Waals surface area contributed by atoms with E-state index in [9.17, 15) is 4.39 Å². The van der Waals surface area contributed by atoms with Crippen molar-refractivity contribution in [3.05, 3.63) is 48.2 Å². The number of aryl methyl sites for hydroxylation is 1. The number of imidazole rings is 1. The first kappa shape index (κ1) is 20.0. The van der Waals surface area contributed by atoms with E-state index < -0.39 is 0 Å². The first-order valence-corrected chi connectivity index (χ1v) is 11.0. The van der Waals surface area contributed by atoms with Crippen molar-refractivity contribution in [3.8, 4) is 22.6 Å². The quantitative estimate of drug-likeness (QED) is 0.471. The van der Waals surface area contributed by atoms with Crippen LogP contribution in [0.1, 0.15) is 12.2 Å². The Bertz CT molecular complexity index is 940. The number of ether oxygens (including phenoxy) is 1. The molecule has 1 fully saturated rings. The molecular formula is C21H24FN5OS. The number of benzene rings is 1. The minimum absolute atomic E-state index is 0.261. The summed E-state index contributed by atoms with van der Waals surface area (Å²) in [6.45, 7) is 4.62. The fourth-order valence-corrected chi connectivity index (χ4v) is 3.77. The predicted molar refractivity (Wildman–Crippen MR) is 112 cm³/mol. The van der Waals surface area contributed by atoms with Crippen LogP contribution in [0.15, 0.2) is 41.7 Å². The van der Waals surface area contributed by atoms with Crippen molar-refractivity contribution >= 4 is 11.8 Å². The largest absolute Gasteiger partial charge is 0.379 e. The van der Waals surface area contributed by atoms with Gasteiger partial charge in [0, 0.05) is 31.3 Å². The number of hydrogen-bond donors (Lipinski definition) is 1. The minimum Gasteiger partial charge on any atom is -0.379 e. The van der Waals surface area contributed by atoms with Crippen LogP contribution in [0.25, 0.3) is 22.6 Å². The maximum absolute atomic E-state index is 13.4. The van der Waals surface area contributed by atoms with Gasteiger partial charge in [-0.15, -0.1) is 0 Å². The molecule has 0 radical (unpaired) electrons. The lowest BCUT2D eigenvalue weighted by Crippen LogP contribution is -2.36. The Morgan fingerprint density at radius 1 is 1.14 bits per heavy atom. The van der Waals surface area contributed by atoms with E-state index in [0.29, 0.717) is 5.16 Å². The summed E-state index contributed by atoms with van der Waals surface area (Å²) in [6.07, 6.45) is 5.55. The molecule has 6 nitrogen and oxygen atoms in total. The van der Waals surface area contributed by atoms with Crippen LogP contribution < -0.4 is 0 Å². The van der Waals surface area contributed by atoms with Crippen molar-refractivity contribution in [2.45, 2.75) is 18.0 Å². The summed E-state index contributed by atoms with van der Waals surface area (Å²) in [5.41, 5.74) is 3.28. The molecular weight excluding hydrogens is 389 g/mol. The molecule has 0 saturated carbocycles. The number of aromatic nitrogens is 4. The van der Waals surface area contributed by atoms with Crippen molar-refractivity contribution in [1.29, 1.82) is 0 Å². The summed E-state index contributed by atoms with van der Waals surface area (Å²) >= 11 is 1.50. The van der Waals surface area contributed by atoms with E-state index in [1.807, 2.05) is 12.3 Å². The Morgan fingerprint density at radius 2 is 1.93 bits per heavy atom. The first-order chi connectivity index (χ1) is 14.2. The Kier molecular flexibility index (Phi) is 6.53. The zero-order chi connectivity index (χ0) is 20.1. The summed E-state index contributed by atoms with van der Waals surface area (Å²) in [4.78, 5) is 19.6. The van der Waals surface area contributed by atoms with E-state index in [1.54, 1.807) is 18.3 Å². The van der Waals surface area contributed by atoms with Crippen LogP contribution in [0.4, 0.5) is 4.39 Å². The smallest absolute Gasteiger partial charge is 0.187 e. The second kappa shape index (κ2) is 9.47. The van der Waals surface area contributed by atoms with Gasteiger partial charge in [0.2, 0.25) is 0 Å². The third-order valence-electron chi connectivity index (χ3n) is 4.93. The molecule has 1 aromatic carbocycles. The molecule has 1 saturated heterocycles. The second-order valence-electron chi connectivity index (χ2n) is 6.90. The highest BCUT2D eigenvalue weighted by molar-refractivity contribution is 7.98. The Balaban J connectivity index is 1.58. The van der Waals surface area contributed by atoms with Crippen LogP contribution in [-0.4, -0.2) is 63.9 Å². The molecule has 152 valence electrons. The number of thioether (sulfide) groups is 1. The fourth-order valence-electron chi connectivity index (χ4n) is 3.42. The Labute approximate surface area is 173 Å². The zero-order valence-corrected chi connectivity index (χ0v) is 17.2. The van der Waals surface area contributed by atoms with Gasteiger partial charge in [0.15, 0.2) is 5.16 Å². The highest BCUT2D eigenvalue weighted by Gasteiger charge is 2.17. The third kappa shape index (κ3) is 5.01. The van der Waals surface area contributed by atoms with Gasteiger partial charge in [-0.1, -0.05) is 11.8 Å². The van der Waals surface area contributed by atoms with E-state index in [0.717, 1.165) is 74.2 Å². The molecule has 4 rings (SSSR count). The number of nitrogens with zero attached hydrogens (tertiary/aromatic N) is 4. The molecule has 0 spiro atoms. The van der Waals surface area contributed by atoms with Gasteiger partial charge in [0.1, 0.15) is 11.6 Å². The molecule has 1 aliphatic rings. The maximum Gasteiger partial charge on any atom is 0.187 e. The van der Waals surface area contributed by atoms with E-state index in [2.05, 4.69) is 19.9 Å². The number of rotatable bonds is 7. The van der Waals surface area contributed by atoms with Crippen molar-refractivity contribution < 1.29 is 9.13 Å². The van der Waals surface area contributed by atoms with Crippen LogP contribution in [-0.2, 0) is 11.2 Å². The predicted octanol–water partition coefficient (Wildman–Crippen LogP) is 3.66. The number of halogens is 1. The van der Waals surface area contributed by atoms with Crippen molar-refractivity contribution in [3.63, 3.8) is 0 Å². The van der Waals surface area contributed by atoms with Gasteiger partial charge < -0.3 is 9.72 Å². The molecule has 0 atom stereocenters. The number of nitrogens with one attached hydrogen (secondary N) is 1. The standard InChI is InChI=1S/C21H24FN5OS/c1-29-21-23-9-8-17(24-21)20-19(15-4-6-16(22)7-5-15)25-18(26-20)3-2-10-27-11-13-28-14-12-27/h4-9H,2-3,10-14H2,1H3,(H,25,26). The number of hydrogen-bond acceptors (Lipinski definition) is 6. The van der Waals surface area contributed by atoms with Crippen LogP contribution in [0.5, 0.6) is 0 Å². The van der Waals surface area contributed by atoms with Crippen molar-refractivity contribution in [2.24, 2.45) is 0 Å². The lowest BCUT2D eigenvalue weighted by molar-refractivity contribution is 0.0374. The summed E-state index contributed by atoms with van der Waals surface area (Å²) in [5.74, 6) is 0.653. The molecule has 1 aliphatic heterocycles. The molecule has 0 bridgehead atoms. The highest BCUT2D eigenvalue weighted by Crippen LogP contribution is 2.30. The first-order valence-electron chi connectivity index (χ1n) is 9.75. The van der Waals surface area contributed by atoms with Crippen molar-refractivity contribution in [1.82, 2.24) is 24.8 Å². The van der Waals surface area contributed by atoms with E-state index in [1.165, 1.54) is 23.9 Å². The lowest BCUT2D eigenvalue weighted by Gasteiger charge is -2.26. The monoisotopic (exact) mass is 413 g/mol. The fraction of sp³-hybridized carbons (Fsp3) is 0.381. The maximum atomic E-state index is 13.4. The average Bonchev–Trinajstić information content (AvgIpc) is 3.19. The summed E-state index contributed by atoms with van der Waals surface area (Å²) in [7, 11) is 0. The van der Waals surface area contributed by atoms with E-state index in [4.69, 9.17) is 9.72 Å². The topological polar surface area (TPSA) is 66.9 Å². The molecule has 1 N–H and O–H groups in total. The third-order valence-corrected chi connectivity index (χ3v) is 5.50. The van der Waals surface area contributed by atoms with Gasteiger partial charge >= 0.3 is 0 Å². The number of H-pyrrole nitrogens is 1. The summed E-state index contributed by atoms with van der Waals surface area (Å²) in [6, 6.07) is 8.29. The van der Waals surface area contributed by atoms with Gasteiger partial charge in [-0.05, 0) is 49.6 Å². The van der Waals surface area contributed by atoms with Gasteiger partial charge in [-0.3, -0.25) is 4.90 Å². The lowest BCUT2D eigenvalue weighted by atomic mass is 10.1. The SMILES string of the molecule is CSc1nccc(-c2[nH]c(CCCN3CCOCC3)nc2-c2ccc(F)cc2)n1. The van der Waals surface area contributed by atoms with E-state index in [-0.39, 0.29) is 5.82 Å². The summed E-state index contributed by atoms with van der Waals surface area (Å²) < 4.78 is 18.8. The number of morpholine rings is 1. The minimum atomic E-state index is -0.261. The molecule has 2 aromatic heterocycles. The molecule has 0 amide bonds. The van der Waals surface area contributed by atoms with E-state index >= 15 is 0 Å². The molecule has 3 heterocycles. The molecule has 0 unspecified atom stereocenters. The Hall–Kier alpha value is -2.29. The highest BCUT2D eigenvalue weighted by atomic mass is 32.2. The van der Waals surface area contributed by atoms with Crippen LogP contribution >= 0.6 is 11.8 Å². The van der Waals surface area contributed by atoms with Crippen LogP contribution in [0, 0.1) is 5.82 Å². The molecule has 29 heavy (non-hydrogen) atoms. The molecule has 0 aliphatic carbocycles. The zero-order valence-electron chi connectivity index (χ0n) is 16.4. The van der Waals surface area contributed by atoms with Crippen LogP contribution in [0.3, 0.4) is 0 Å². The Morgan fingerprint density at radius 3 is 2.69 bits per heavy atom. The van der Waals surface area contributed by atoms with Gasteiger partial charge in [-0.2, -0.15) is 0 Å². The number of aromatic amines is 1.